The van der Waals surface area contributed by atoms with Crippen LogP contribution in [0.25, 0.3) is 0 Å². The zero-order chi connectivity index (χ0) is 9.56. The maximum Gasteiger partial charge on any atom is 0.333 e. The van der Waals surface area contributed by atoms with E-state index < -0.39 is 12.1 Å². The first kappa shape index (κ1) is 11.1. The van der Waals surface area contributed by atoms with E-state index >= 15 is 0 Å². The van der Waals surface area contributed by atoms with Gasteiger partial charge in [-0.05, 0) is 19.9 Å². The highest BCUT2D eigenvalue weighted by atomic mass is 16.5. The molecule has 0 radical (unpaired) electrons. The van der Waals surface area contributed by atoms with Gasteiger partial charge in [0, 0.05) is 5.57 Å². The Morgan fingerprint density at radius 3 is 2.67 bits per heavy atom. The molecule has 0 aliphatic heterocycles. The molecule has 0 fully saturated rings. The number of rotatable bonds is 4. The number of ether oxygens (including phenoxy) is 1. The fourth-order valence-corrected chi connectivity index (χ4v) is 0.682. The van der Waals surface area contributed by atoms with E-state index in [0.717, 1.165) is 0 Å². The minimum atomic E-state index is -0.660. The minimum absolute atomic E-state index is 0.0101. The molecule has 0 aromatic carbocycles. The predicted molar refractivity (Wildman–Crippen MR) is 43.5 cm³/mol. The van der Waals surface area contributed by atoms with E-state index in [4.69, 9.17) is 10.2 Å². The number of aliphatic hydroxyl groups excluding tert-OH is 2. The minimum Gasteiger partial charge on any atom is -0.460 e. The van der Waals surface area contributed by atoms with Crippen LogP contribution in [0.1, 0.15) is 13.8 Å². The second-order valence-corrected chi connectivity index (χ2v) is 2.45. The second kappa shape index (κ2) is 5.74. The topological polar surface area (TPSA) is 66.8 Å². The number of hydrogen-bond donors (Lipinski definition) is 2. The van der Waals surface area contributed by atoms with Crippen molar-refractivity contribution in [2.24, 2.45) is 0 Å². The van der Waals surface area contributed by atoms with Crippen molar-refractivity contribution >= 4 is 5.97 Å². The molecule has 0 spiro atoms. The van der Waals surface area contributed by atoms with E-state index in [9.17, 15) is 4.79 Å². The van der Waals surface area contributed by atoms with Crippen LogP contribution in [0.3, 0.4) is 0 Å². The summed E-state index contributed by atoms with van der Waals surface area (Å²) in [5.74, 6) is -0.509. The van der Waals surface area contributed by atoms with E-state index in [1.165, 1.54) is 6.08 Å². The SMILES string of the molecule is CC(=CC(C)O)C(=O)OCCO. The highest BCUT2D eigenvalue weighted by molar-refractivity contribution is 5.87. The third kappa shape index (κ3) is 4.87. The molecule has 1 atom stereocenters. The quantitative estimate of drug-likeness (QED) is 0.459. The number of hydrogen-bond acceptors (Lipinski definition) is 4. The van der Waals surface area contributed by atoms with Gasteiger partial charge in [-0.1, -0.05) is 0 Å². The predicted octanol–water partition coefficient (Wildman–Crippen LogP) is -0.151. The third-order valence-corrected chi connectivity index (χ3v) is 1.14. The van der Waals surface area contributed by atoms with Crippen molar-refractivity contribution < 1.29 is 19.7 Å². The molecule has 0 saturated carbocycles. The van der Waals surface area contributed by atoms with Crippen molar-refractivity contribution in [1.82, 2.24) is 0 Å². The van der Waals surface area contributed by atoms with E-state index in [0.29, 0.717) is 5.57 Å². The van der Waals surface area contributed by atoms with Gasteiger partial charge < -0.3 is 14.9 Å². The van der Waals surface area contributed by atoms with Gasteiger partial charge in [0.05, 0.1) is 12.7 Å². The maximum absolute atomic E-state index is 10.9. The van der Waals surface area contributed by atoms with Crippen LogP contribution in [-0.4, -0.2) is 35.5 Å². The number of carbonyl (C=O) groups excluding carboxylic acids is 1. The van der Waals surface area contributed by atoms with Gasteiger partial charge >= 0.3 is 5.97 Å². The molecule has 4 nitrogen and oxygen atoms in total. The number of esters is 1. The van der Waals surface area contributed by atoms with E-state index in [2.05, 4.69) is 4.74 Å². The molecule has 0 bridgehead atoms. The van der Waals surface area contributed by atoms with E-state index in [-0.39, 0.29) is 13.2 Å². The van der Waals surface area contributed by atoms with Crippen LogP contribution in [0.5, 0.6) is 0 Å². The van der Waals surface area contributed by atoms with Crippen LogP contribution < -0.4 is 0 Å². The molecular weight excluding hydrogens is 160 g/mol. The molecule has 0 amide bonds. The molecule has 0 rings (SSSR count). The fourth-order valence-electron chi connectivity index (χ4n) is 0.682. The van der Waals surface area contributed by atoms with Crippen LogP contribution in [0.4, 0.5) is 0 Å². The summed E-state index contributed by atoms with van der Waals surface area (Å²) in [6.45, 7) is 2.90. The smallest absolute Gasteiger partial charge is 0.333 e. The van der Waals surface area contributed by atoms with Crippen LogP contribution >= 0.6 is 0 Å². The molecule has 2 N–H and O–H groups in total. The summed E-state index contributed by atoms with van der Waals surface area (Å²) >= 11 is 0. The van der Waals surface area contributed by atoms with Gasteiger partial charge in [0.15, 0.2) is 0 Å². The highest BCUT2D eigenvalue weighted by Gasteiger charge is 2.05. The Hall–Kier alpha value is -0.870. The Balaban J connectivity index is 3.92. The fraction of sp³-hybridized carbons (Fsp3) is 0.625. The molecular formula is C8H14O4. The Morgan fingerprint density at radius 2 is 2.25 bits per heavy atom. The van der Waals surface area contributed by atoms with Gasteiger partial charge in [-0.3, -0.25) is 0 Å². The van der Waals surface area contributed by atoms with Gasteiger partial charge in [0.1, 0.15) is 6.61 Å². The highest BCUT2D eigenvalue weighted by Crippen LogP contribution is 1.98. The zero-order valence-electron chi connectivity index (χ0n) is 7.28. The molecule has 70 valence electrons. The monoisotopic (exact) mass is 174 g/mol. The Kier molecular flexibility index (Phi) is 5.32. The normalized spacial score (nSPS) is 14.2. The summed E-state index contributed by atoms with van der Waals surface area (Å²) in [5.41, 5.74) is 0.346. The first-order valence-corrected chi connectivity index (χ1v) is 3.72. The Morgan fingerprint density at radius 1 is 1.67 bits per heavy atom. The summed E-state index contributed by atoms with van der Waals surface area (Å²) in [6, 6.07) is 0. The Labute approximate surface area is 71.5 Å². The molecule has 0 heterocycles. The zero-order valence-corrected chi connectivity index (χ0v) is 7.28. The average Bonchev–Trinajstić information content (AvgIpc) is 1.98. The lowest BCUT2D eigenvalue weighted by Gasteiger charge is -2.03. The van der Waals surface area contributed by atoms with Crippen LogP contribution in [0.2, 0.25) is 0 Å². The summed E-state index contributed by atoms with van der Waals surface area (Å²) in [7, 11) is 0. The van der Waals surface area contributed by atoms with E-state index in [1.54, 1.807) is 13.8 Å². The van der Waals surface area contributed by atoms with Gasteiger partial charge in [-0.15, -0.1) is 0 Å². The standard InChI is InChI=1S/C8H14O4/c1-6(5-7(2)10)8(11)12-4-3-9/h5,7,9-10H,3-4H2,1-2H3. The van der Waals surface area contributed by atoms with Gasteiger partial charge in [-0.2, -0.15) is 0 Å². The molecule has 4 heteroatoms. The third-order valence-electron chi connectivity index (χ3n) is 1.14. The van der Waals surface area contributed by atoms with Gasteiger partial charge in [0.2, 0.25) is 0 Å². The van der Waals surface area contributed by atoms with Crippen LogP contribution in [-0.2, 0) is 9.53 Å². The average molecular weight is 174 g/mol. The molecule has 0 aliphatic rings. The van der Waals surface area contributed by atoms with Crippen molar-refractivity contribution in [3.05, 3.63) is 11.6 Å². The molecule has 0 aromatic rings. The summed E-state index contributed by atoms with van der Waals surface area (Å²) in [5, 5.41) is 17.2. The first-order valence-electron chi connectivity index (χ1n) is 3.72. The summed E-state index contributed by atoms with van der Waals surface area (Å²) < 4.78 is 4.59. The lowest BCUT2D eigenvalue weighted by Crippen LogP contribution is -2.10. The van der Waals surface area contributed by atoms with Crippen molar-refractivity contribution in [1.29, 1.82) is 0 Å². The van der Waals surface area contributed by atoms with Crippen LogP contribution in [0, 0.1) is 0 Å². The molecule has 0 saturated heterocycles. The van der Waals surface area contributed by atoms with Crippen molar-refractivity contribution in [2.45, 2.75) is 20.0 Å². The number of aliphatic hydroxyl groups is 2. The molecule has 0 aromatic heterocycles. The lowest BCUT2D eigenvalue weighted by molar-refractivity contribution is -0.140. The van der Waals surface area contributed by atoms with Gasteiger partial charge in [-0.25, -0.2) is 4.79 Å². The van der Waals surface area contributed by atoms with Gasteiger partial charge in [0.25, 0.3) is 0 Å². The summed E-state index contributed by atoms with van der Waals surface area (Å²) in [4.78, 5) is 10.9. The van der Waals surface area contributed by atoms with Crippen molar-refractivity contribution in [3.63, 3.8) is 0 Å². The maximum atomic E-state index is 10.9. The molecule has 1 unspecified atom stereocenters. The second-order valence-electron chi connectivity index (χ2n) is 2.45. The molecule has 12 heavy (non-hydrogen) atoms. The van der Waals surface area contributed by atoms with Crippen LogP contribution in [0.15, 0.2) is 11.6 Å². The van der Waals surface area contributed by atoms with E-state index in [1.807, 2.05) is 0 Å². The molecule has 0 aliphatic carbocycles. The lowest BCUT2D eigenvalue weighted by atomic mass is 10.2. The Bertz CT molecular complexity index is 172. The largest absolute Gasteiger partial charge is 0.460 e. The van der Waals surface area contributed by atoms with Crippen molar-refractivity contribution in [3.8, 4) is 0 Å². The first-order chi connectivity index (χ1) is 5.57. The summed E-state index contributed by atoms with van der Waals surface area (Å²) in [6.07, 6.45) is 0.728. The van der Waals surface area contributed by atoms with Crippen molar-refractivity contribution in [2.75, 3.05) is 13.2 Å². The number of carbonyl (C=O) groups is 1.